The van der Waals surface area contributed by atoms with Crippen LogP contribution in [0.4, 0.5) is 5.69 Å². The van der Waals surface area contributed by atoms with Gasteiger partial charge in [0.05, 0.1) is 13.2 Å². The molecule has 1 unspecified atom stereocenters. The highest BCUT2D eigenvalue weighted by Gasteiger charge is 2.17. The Labute approximate surface area is 113 Å². The molecule has 1 amide bonds. The van der Waals surface area contributed by atoms with Gasteiger partial charge in [-0.1, -0.05) is 0 Å². The third-order valence-corrected chi connectivity index (χ3v) is 3.25. The van der Waals surface area contributed by atoms with E-state index in [1.165, 1.54) is 0 Å². The van der Waals surface area contributed by atoms with Gasteiger partial charge < -0.3 is 20.5 Å². The summed E-state index contributed by atoms with van der Waals surface area (Å²) in [6, 6.07) is 3.52. The summed E-state index contributed by atoms with van der Waals surface area (Å²) in [6.45, 7) is 5.72. The second kappa shape index (κ2) is 6.04. The zero-order valence-corrected chi connectivity index (χ0v) is 11.3. The molecule has 1 aliphatic rings. The van der Waals surface area contributed by atoms with Crippen molar-refractivity contribution in [3.05, 3.63) is 23.3 Å². The SMILES string of the molecule is Cc1cc(NC(=O)CC2COCCN2)c(C)cc1O. The van der Waals surface area contributed by atoms with Gasteiger partial charge >= 0.3 is 0 Å². The summed E-state index contributed by atoms with van der Waals surface area (Å²) in [5.41, 5.74) is 2.35. The average molecular weight is 264 g/mol. The molecule has 1 saturated heterocycles. The minimum absolute atomic E-state index is 0.0452. The van der Waals surface area contributed by atoms with Gasteiger partial charge in [0, 0.05) is 24.7 Å². The van der Waals surface area contributed by atoms with Crippen molar-refractivity contribution in [3.8, 4) is 5.75 Å². The molecule has 1 aliphatic heterocycles. The van der Waals surface area contributed by atoms with Crippen molar-refractivity contribution < 1.29 is 14.6 Å². The molecule has 3 N–H and O–H groups in total. The van der Waals surface area contributed by atoms with Crippen molar-refractivity contribution in [1.82, 2.24) is 5.32 Å². The Bertz CT molecular complexity index is 468. The van der Waals surface area contributed by atoms with Crippen molar-refractivity contribution in [3.63, 3.8) is 0 Å². The molecule has 0 aromatic heterocycles. The molecule has 2 rings (SSSR count). The first-order valence-electron chi connectivity index (χ1n) is 6.47. The molecule has 0 spiro atoms. The summed E-state index contributed by atoms with van der Waals surface area (Å²) in [5, 5.41) is 15.7. The molecule has 1 heterocycles. The lowest BCUT2D eigenvalue weighted by Crippen LogP contribution is -2.43. The van der Waals surface area contributed by atoms with E-state index >= 15 is 0 Å². The molecule has 0 saturated carbocycles. The number of rotatable bonds is 3. The smallest absolute Gasteiger partial charge is 0.226 e. The molecule has 19 heavy (non-hydrogen) atoms. The third kappa shape index (κ3) is 3.68. The van der Waals surface area contributed by atoms with Crippen LogP contribution in [-0.4, -0.2) is 36.8 Å². The van der Waals surface area contributed by atoms with E-state index in [1.54, 1.807) is 19.1 Å². The van der Waals surface area contributed by atoms with E-state index in [9.17, 15) is 9.90 Å². The first kappa shape index (κ1) is 13.8. The zero-order chi connectivity index (χ0) is 13.8. The largest absolute Gasteiger partial charge is 0.508 e. The van der Waals surface area contributed by atoms with Gasteiger partial charge in [-0.3, -0.25) is 4.79 Å². The van der Waals surface area contributed by atoms with Gasteiger partial charge in [0.25, 0.3) is 0 Å². The van der Waals surface area contributed by atoms with Crippen LogP contribution in [0.2, 0.25) is 0 Å². The molecule has 5 heteroatoms. The monoisotopic (exact) mass is 264 g/mol. The van der Waals surface area contributed by atoms with Gasteiger partial charge in [-0.05, 0) is 37.1 Å². The van der Waals surface area contributed by atoms with Crippen LogP contribution >= 0.6 is 0 Å². The lowest BCUT2D eigenvalue weighted by atomic mass is 10.1. The minimum atomic E-state index is -0.0452. The number of phenols is 1. The molecule has 1 aromatic rings. The number of phenolic OH excluding ortho intramolecular Hbond substituents is 1. The molecule has 1 fully saturated rings. The number of aromatic hydroxyl groups is 1. The molecule has 5 nitrogen and oxygen atoms in total. The molecular weight excluding hydrogens is 244 g/mol. The Morgan fingerprint density at radius 1 is 1.47 bits per heavy atom. The Morgan fingerprint density at radius 2 is 2.26 bits per heavy atom. The van der Waals surface area contributed by atoms with Crippen molar-refractivity contribution in [1.29, 1.82) is 0 Å². The molecule has 0 bridgehead atoms. The van der Waals surface area contributed by atoms with Gasteiger partial charge in [-0.15, -0.1) is 0 Å². The van der Waals surface area contributed by atoms with E-state index in [0.717, 1.165) is 23.4 Å². The quantitative estimate of drug-likeness (QED) is 0.720. The number of benzene rings is 1. The summed E-state index contributed by atoms with van der Waals surface area (Å²) in [4.78, 5) is 12.0. The first-order valence-corrected chi connectivity index (χ1v) is 6.47. The Hall–Kier alpha value is -1.59. The second-order valence-corrected chi connectivity index (χ2v) is 4.93. The maximum Gasteiger partial charge on any atom is 0.226 e. The number of hydrogen-bond acceptors (Lipinski definition) is 4. The summed E-state index contributed by atoms with van der Waals surface area (Å²) in [5.74, 6) is 0.203. The van der Waals surface area contributed by atoms with E-state index < -0.39 is 0 Å². The van der Waals surface area contributed by atoms with E-state index in [4.69, 9.17) is 4.74 Å². The average Bonchev–Trinajstić information content (AvgIpc) is 2.37. The van der Waals surface area contributed by atoms with Crippen LogP contribution in [0.15, 0.2) is 12.1 Å². The molecule has 0 aliphatic carbocycles. The normalized spacial score (nSPS) is 19.2. The van der Waals surface area contributed by atoms with Crippen LogP contribution < -0.4 is 10.6 Å². The van der Waals surface area contributed by atoms with Crippen LogP contribution in [0.25, 0.3) is 0 Å². The predicted octanol–water partition coefficient (Wildman–Crippen LogP) is 1.33. The van der Waals surface area contributed by atoms with Crippen LogP contribution in [0, 0.1) is 13.8 Å². The second-order valence-electron chi connectivity index (χ2n) is 4.93. The predicted molar refractivity (Wildman–Crippen MR) is 73.4 cm³/mol. The Balaban J connectivity index is 1.96. The number of carbonyl (C=O) groups is 1. The standard InChI is InChI=1S/C14H20N2O3/c1-9-6-13(17)10(2)5-12(9)16-14(18)7-11-8-19-4-3-15-11/h5-6,11,15,17H,3-4,7-8H2,1-2H3,(H,16,18). The number of morpholine rings is 1. The summed E-state index contributed by atoms with van der Waals surface area (Å²) >= 11 is 0. The van der Waals surface area contributed by atoms with E-state index in [-0.39, 0.29) is 17.7 Å². The highest BCUT2D eigenvalue weighted by molar-refractivity contribution is 5.92. The molecule has 1 atom stereocenters. The highest BCUT2D eigenvalue weighted by atomic mass is 16.5. The van der Waals surface area contributed by atoms with Gasteiger partial charge in [0.15, 0.2) is 0 Å². The van der Waals surface area contributed by atoms with Gasteiger partial charge in [0.1, 0.15) is 5.75 Å². The number of amides is 1. The Kier molecular flexibility index (Phi) is 4.39. The lowest BCUT2D eigenvalue weighted by molar-refractivity contribution is -0.117. The third-order valence-electron chi connectivity index (χ3n) is 3.25. The number of aryl methyl sites for hydroxylation is 2. The van der Waals surface area contributed by atoms with Crippen molar-refractivity contribution >= 4 is 11.6 Å². The molecule has 104 valence electrons. The van der Waals surface area contributed by atoms with E-state index in [1.807, 2.05) is 6.92 Å². The fraction of sp³-hybridized carbons (Fsp3) is 0.500. The number of hydrogen-bond donors (Lipinski definition) is 3. The zero-order valence-electron chi connectivity index (χ0n) is 11.3. The summed E-state index contributed by atoms with van der Waals surface area (Å²) in [6.07, 6.45) is 0.388. The van der Waals surface area contributed by atoms with Crippen molar-refractivity contribution in [2.45, 2.75) is 26.3 Å². The van der Waals surface area contributed by atoms with E-state index in [0.29, 0.717) is 19.6 Å². The van der Waals surface area contributed by atoms with Gasteiger partial charge in [-0.25, -0.2) is 0 Å². The highest BCUT2D eigenvalue weighted by Crippen LogP contribution is 2.25. The maximum absolute atomic E-state index is 12.0. The fourth-order valence-corrected chi connectivity index (χ4v) is 2.11. The van der Waals surface area contributed by atoms with Crippen LogP contribution in [0.1, 0.15) is 17.5 Å². The number of ether oxygens (including phenoxy) is 1. The summed E-state index contributed by atoms with van der Waals surface area (Å²) in [7, 11) is 0. The van der Waals surface area contributed by atoms with Crippen LogP contribution in [0.3, 0.4) is 0 Å². The fourth-order valence-electron chi connectivity index (χ4n) is 2.11. The molecule has 1 aromatic carbocycles. The van der Waals surface area contributed by atoms with Crippen LogP contribution in [-0.2, 0) is 9.53 Å². The molecular formula is C14H20N2O3. The minimum Gasteiger partial charge on any atom is -0.508 e. The maximum atomic E-state index is 12.0. The van der Waals surface area contributed by atoms with Gasteiger partial charge in [0.2, 0.25) is 5.91 Å². The van der Waals surface area contributed by atoms with Crippen LogP contribution in [0.5, 0.6) is 5.75 Å². The topological polar surface area (TPSA) is 70.6 Å². The summed E-state index contributed by atoms with van der Waals surface area (Å²) < 4.78 is 5.32. The molecule has 0 radical (unpaired) electrons. The van der Waals surface area contributed by atoms with Crippen molar-refractivity contribution in [2.24, 2.45) is 0 Å². The number of anilines is 1. The van der Waals surface area contributed by atoms with Crippen molar-refractivity contribution in [2.75, 3.05) is 25.1 Å². The lowest BCUT2D eigenvalue weighted by Gasteiger charge is -2.23. The van der Waals surface area contributed by atoms with E-state index in [2.05, 4.69) is 10.6 Å². The Morgan fingerprint density at radius 3 is 2.95 bits per heavy atom. The number of nitrogens with one attached hydrogen (secondary N) is 2. The first-order chi connectivity index (χ1) is 9.06. The number of carbonyl (C=O) groups excluding carboxylic acids is 1. The van der Waals surface area contributed by atoms with Gasteiger partial charge in [-0.2, -0.15) is 0 Å².